The van der Waals surface area contributed by atoms with Gasteiger partial charge in [-0.05, 0) is 18.9 Å². The fourth-order valence-electron chi connectivity index (χ4n) is 3.67. The van der Waals surface area contributed by atoms with Crippen molar-refractivity contribution in [3.8, 4) is 0 Å². The summed E-state index contributed by atoms with van der Waals surface area (Å²) in [5, 5.41) is 6.82. The molecule has 29 heavy (non-hydrogen) atoms. The standard InChI is InChI=1S/C23H32N4O2/c1-3-4-12-21(23(28)24-22-18-19(2)29-25-22)27-16-14-26(15-17-27)13-8-11-20-9-6-5-7-10-20/h5-11,18,21H,3-4,12-17H2,1-2H3,(H,24,25,28)/b11-8+. The number of rotatable bonds is 9. The number of anilines is 1. The molecule has 0 bridgehead atoms. The molecule has 156 valence electrons. The molecule has 2 heterocycles. The third kappa shape index (κ3) is 6.54. The number of hydrogen-bond donors (Lipinski definition) is 1. The lowest BCUT2D eigenvalue weighted by molar-refractivity contribution is -0.122. The number of aromatic nitrogens is 1. The normalized spacial score (nSPS) is 16.9. The van der Waals surface area contributed by atoms with Crippen LogP contribution >= 0.6 is 0 Å². The molecule has 0 spiro atoms. The minimum atomic E-state index is -0.117. The highest BCUT2D eigenvalue weighted by molar-refractivity contribution is 5.94. The molecular weight excluding hydrogens is 364 g/mol. The Hall–Kier alpha value is -2.44. The Morgan fingerprint density at radius 3 is 2.66 bits per heavy atom. The monoisotopic (exact) mass is 396 g/mol. The first-order valence-corrected chi connectivity index (χ1v) is 10.6. The van der Waals surface area contributed by atoms with Crippen molar-refractivity contribution in [1.82, 2.24) is 15.0 Å². The number of aryl methyl sites for hydroxylation is 1. The average molecular weight is 397 g/mol. The Morgan fingerprint density at radius 1 is 1.24 bits per heavy atom. The molecule has 1 aliphatic heterocycles. The number of amides is 1. The Morgan fingerprint density at radius 2 is 2.00 bits per heavy atom. The van der Waals surface area contributed by atoms with Crippen molar-refractivity contribution in [2.75, 3.05) is 38.0 Å². The van der Waals surface area contributed by atoms with Crippen LogP contribution in [0.3, 0.4) is 0 Å². The van der Waals surface area contributed by atoms with Gasteiger partial charge in [-0.2, -0.15) is 0 Å². The van der Waals surface area contributed by atoms with Crippen LogP contribution in [0.5, 0.6) is 0 Å². The van der Waals surface area contributed by atoms with Gasteiger partial charge in [-0.25, -0.2) is 0 Å². The maximum atomic E-state index is 12.9. The molecular formula is C23H32N4O2. The van der Waals surface area contributed by atoms with Gasteiger partial charge in [0.05, 0.1) is 6.04 Å². The van der Waals surface area contributed by atoms with Crippen molar-refractivity contribution >= 4 is 17.8 Å². The van der Waals surface area contributed by atoms with E-state index in [0.717, 1.165) is 52.0 Å². The lowest BCUT2D eigenvalue weighted by atomic mass is 10.1. The van der Waals surface area contributed by atoms with Gasteiger partial charge in [-0.3, -0.25) is 14.6 Å². The van der Waals surface area contributed by atoms with Crippen LogP contribution in [0.25, 0.3) is 6.08 Å². The third-order valence-electron chi connectivity index (χ3n) is 5.33. The molecule has 1 aromatic carbocycles. The quantitative estimate of drug-likeness (QED) is 0.698. The molecule has 1 fully saturated rings. The van der Waals surface area contributed by atoms with E-state index in [2.05, 4.69) is 63.6 Å². The second-order valence-electron chi connectivity index (χ2n) is 7.62. The SMILES string of the molecule is CCCCC(C(=O)Nc1cc(C)on1)N1CCN(C/C=C/c2ccccc2)CC1. The summed E-state index contributed by atoms with van der Waals surface area (Å²) in [4.78, 5) is 17.6. The second kappa shape index (κ2) is 10.9. The van der Waals surface area contributed by atoms with E-state index in [-0.39, 0.29) is 11.9 Å². The van der Waals surface area contributed by atoms with Crippen LogP contribution in [0.1, 0.15) is 37.5 Å². The van der Waals surface area contributed by atoms with E-state index in [1.54, 1.807) is 6.07 Å². The average Bonchev–Trinajstić information content (AvgIpc) is 3.14. The van der Waals surface area contributed by atoms with Crippen molar-refractivity contribution in [3.63, 3.8) is 0 Å². The van der Waals surface area contributed by atoms with Gasteiger partial charge in [0.15, 0.2) is 5.82 Å². The third-order valence-corrected chi connectivity index (χ3v) is 5.33. The number of unbranched alkanes of at least 4 members (excludes halogenated alkanes) is 1. The minimum absolute atomic E-state index is 0.0178. The van der Waals surface area contributed by atoms with E-state index in [4.69, 9.17) is 4.52 Å². The van der Waals surface area contributed by atoms with Crippen LogP contribution in [0.2, 0.25) is 0 Å². The number of carbonyl (C=O) groups is 1. The summed E-state index contributed by atoms with van der Waals surface area (Å²) in [5.74, 6) is 1.21. The zero-order valence-electron chi connectivity index (χ0n) is 17.5. The Labute approximate surface area is 173 Å². The van der Waals surface area contributed by atoms with Gasteiger partial charge in [0.1, 0.15) is 5.76 Å². The molecule has 1 atom stereocenters. The molecule has 0 radical (unpaired) electrons. The first-order valence-electron chi connectivity index (χ1n) is 10.6. The van der Waals surface area contributed by atoms with Crippen LogP contribution in [-0.2, 0) is 4.79 Å². The van der Waals surface area contributed by atoms with Crippen LogP contribution in [0.4, 0.5) is 5.82 Å². The molecule has 0 saturated carbocycles. The van der Waals surface area contributed by atoms with Gasteiger partial charge >= 0.3 is 0 Å². The van der Waals surface area contributed by atoms with Crippen molar-refractivity contribution in [1.29, 1.82) is 0 Å². The van der Waals surface area contributed by atoms with Crippen LogP contribution in [0, 0.1) is 6.92 Å². The highest BCUT2D eigenvalue weighted by atomic mass is 16.5. The van der Waals surface area contributed by atoms with Gasteiger partial charge in [-0.15, -0.1) is 0 Å². The maximum absolute atomic E-state index is 12.9. The van der Waals surface area contributed by atoms with Crippen molar-refractivity contribution in [2.45, 2.75) is 39.2 Å². The van der Waals surface area contributed by atoms with Gasteiger partial charge in [-0.1, -0.05) is 67.4 Å². The Bertz CT molecular complexity index is 779. The first kappa shape index (κ1) is 21.3. The predicted molar refractivity (Wildman–Crippen MR) is 117 cm³/mol. The second-order valence-corrected chi connectivity index (χ2v) is 7.62. The molecule has 1 N–H and O–H groups in total. The topological polar surface area (TPSA) is 61.6 Å². The fraction of sp³-hybridized carbons (Fsp3) is 0.478. The zero-order chi connectivity index (χ0) is 20.5. The predicted octanol–water partition coefficient (Wildman–Crippen LogP) is 3.81. The van der Waals surface area contributed by atoms with E-state index < -0.39 is 0 Å². The molecule has 1 aromatic heterocycles. The first-order chi connectivity index (χ1) is 14.2. The zero-order valence-corrected chi connectivity index (χ0v) is 17.5. The maximum Gasteiger partial charge on any atom is 0.242 e. The Kier molecular flexibility index (Phi) is 8.02. The van der Waals surface area contributed by atoms with Crippen molar-refractivity contribution in [3.05, 3.63) is 53.8 Å². The smallest absolute Gasteiger partial charge is 0.242 e. The molecule has 1 unspecified atom stereocenters. The van der Waals surface area contributed by atoms with Crippen LogP contribution in [-0.4, -0.2) is 59.6 Å². The highest BCUT2D eigenvalue weighted by Crippen LogP contribution is 2.16. The largest absolute Gasteiger partial charge is 0.360 e. The number of nitrogens with zero attached hydrogens (tertiary/aromatic N) is 3. The Balaban J connectivity index is 1.51. The number of carbonyl (C=O) groups excluding carboxylic acids is 1. The van der Waals surface area contributed by atoms with E-state index in [1.165, 1.54) is 5.56 Å². The summed E-state index contributed by atoms with van der Waals surface area (Å²) < 4.78 is 5.06. The molecule has 1 saturated heterocycles. The van der Waals surface area contributed by atoms with Gasteiger partial charge in [0.2, 0.25) is 5.91 Å². The van der Waals surface area contributed by atoms with Crippen molar-refractivity contribution < 1.29 is 9.32 Å². The van der Waals surface area contributed by atoms with Crippen LogP contribution in [0.15, 0.2) is 47.0 Å². The van der Waals surface area contributed by atoms with Gasteiger partial charge in [0.25, 0.3) is 0 Å². The summed E-state index contributed by atoms with van der Waals surface area (Å²) in [6.07, 6.45) is 7.38. The molecule has 0 aliphatic carbocycles. The highest BCUT2D eigenvalue weighted by Gasteiger charge is 2.28. The number of piperazine rings is 1. The van der Waals surface area contributed by atoms with E-state index in [1.807, 2.05) is 13.0 Å². The number of nitrogens with one attached hydrogen (secondary N) is 1. The lowest BCUT2D eigenvalue weighted by Crippen LogP contribution is -2.53. The van der Waals surface area contributed by atoms with Gasteiger partial charge in [0, 0.05) is 38.8 Å². The summed E-state index contributed by atoms with van der Waals surface area (Å²) in [7, 11) is 0. The summed E-state index contributed by atoms with van der Waals surface area (Å²) in [5.41, 5.74) is 1.23. The molecule has 1 aliphatic rings. The molecule has 6 heteroatoms. The van der Waals surface area contributed by atoms with E-state index in [0.29, 0.717) is 11.6 Å². The summed E-state index contributed by atoms with van der Waals surface area (Å²) >= 11 is 0. The number of benzene rings is 1. The molecule has 2 aromatic rings. The molecule has 1 amide bonds. The molecule has 3 rings (SSSR count). The van der Waals surface area contributed by atoms with E-state index >= 15 is 0 Å². The minimum Gasteiger partial charge on any atom is -0.360 e. The fourth-order valence-corrected chi connectivity index (χ4v) is 3.67. The summed E-state index contributed by atoms with van der Waals surface area (Å²) in [6.45, 7) is 8.66. The van der Waals surface area contributed by atoms with Crippen LogP contribution < -0.4 is 5.32 Å². The van der Waals surface area contributed by atoms with Gasteiger partial charge < -0.3 is 9.84 Å². The van der Waals surface area contributed by atoms with E-state index in [9.17, 15) is 4.79 Å². The van der Waals surface area contributed by atoms with Crippen molar-refractivity contribution in [2.24, 2.45) is 0 Å². The lowest BCUT2D eigenvalue weighted by Gasteiger charge is -2.38. The molecule has 6 nitrogen and oxygen atoms in total. The number of hydrogen-bond acceptors (Lipinski definition) is 5. The summed E-state index contributed by atoms with van der Waals surface area (Å²) in [6, 6.07) is 12.0.